The van der Waals surface area contributed by atoms with E-state index in [1.165, 1.54) is 24.3 Å². The van der Waals surface area contributed by atoms with Crippen LogP contribution >= 0.6 is 0 Å². The van der Waals surface area contributed by atoms with Gasteiger partial charge >= 0.3 is 12.1 Å². The van der Waals surface area contributed by atoms with Crippen LogP contribution in [0.2, 0.25) is 0 Å². The second-order valence-corrected chi connectivity index (χ2v) is 5.24. The molecule has 0 bridgehead atoms. The Kier molecular flexibility index (Phi) is 4.43. The highest BCUT2D eigenvalue weighted by Crippen LogP contribution is 2.37. The molecule has 0 unspecified atom stereocenters. The highest BCUT2D eigenvalue weighted by atomic mass is 19.4. The molecule has 0 saturated heterocycles. The number of carbonyl (C=O) groups excluding carboxylic acids is 1. The van der Waals surface area contributed by atoms with Crippen LogP contribution < -0.4 is 0 Å². The first-order valence-corrected chi connectivity index (χ1v) is 7.19. The number of para-hydroxylation sites is 2. The lowest BCUT2D eigenvalue weighted by atomic mass is 10.1. The van der Waals surface area contributed by atoms with Crippen LogP contribution in [0.15, 0.2) is 52.9 Å². The van der Waals surface area contributed by atoms with E-state index in [0.29, 0.717) is 0 Å². The van der Waals surface area contributed by atoms with Gasteiger partial charge in [-0.25, -0.2) is 9.37 Å². The molecule has 1 atom stereocenters. The predicted molar refractivity (Wildman–Crippen MR) is 79.0 cm³/mol. The molecule has 0 aliphatic rings. The number of alkyl halides is 3. The SMILES string of the molecule is O=C(Cc1cccc(F)c1)O[C@@H](c1nc2ccccc2o1)C(F)(F)F. The molecule has 0 fully saturated rings. The van der Waals surface area contributed by atoms with Gasteiger partial charge < -0.3 is 9.15 Å². The first-order valence-electron chi connectivity index (χ1n) is 7.19. The normalized spacial score (nSPS) is 13.0. The van der Waals surface area contributed by atoms with E-state index in [1.807, 2.05) is 0 Å². The van der Waals surface area contributed by atoms with E-state index in [2.05, 4.69) is 9.72 Å². The number of nitrogens with zero attached hydrogens (tertiary/aromatic N) is 1. The van der Waals surface area contributed by atoms with Crippen LogP contribution in [-0.4, -0.2) is 17.1 Å². The quantitative estimate of drug-likeness (QED) is 0.517. The van der Waals surface area contributed by atoms with Crippen molar-refractivity contribution in [3.63, 3.8) is 0 Å². The largest absolute Gasteiger partial charge is 0.442 e. The predicted octanol–water partition coefficient (Wildman–Crippen LogP) is 4.36. The summed E-state index contributed by atoms with van der Waals surface area (Å²) in [5.74, 6) is -2.53. The van der Waals surface area contributed by atoms with E-state index >= 15 is 0 Å². The van der Waals surface area contributed by atoms with Gasteiger partial charge in [-0.05, 0) is 29.8 Å². The fourth-order valence-corrected chi connectivity index (χ4v) is 2.25. The van der Waals surface area contributed by atoms with Crippen LogP contribution in [0.25, 0.3) is 11.1 Å². The molecule has 0 saturated carbocycles. The minimum absolute atomic E-state index is 0.146. The van der Waals surface area contributed by atoms with Crippen molar-refractivity contribution in [1.29, 1.82) is 0 Å². The molecule has 2 aromatic carbocycles. The standard InChI is InChI=1S/C17H11F4NO3/c18-11-5-3-4-10(8-11)9-14(23)25-15(17(19,20)21)16-22-12-6-1-2-7-13(12)24-16/h1-8,15H,9H2/t15-/m0/s1. The topological polar surface area (TPSA) is 52.3 Å². The number of fused-ring (bicyclic) bond motifs is 1. The van der Waals surface area contributed by atoms with Crippen molar-refractivity contribution in [1.82, 2.24) is 4.98 Å². The van der Waals surface area contributed by atoms with Crippen molar-refractivity contribution in [2.45, 2.75) is 18.7 Å². The van der Waals surface area contributed by atoms with Crippen molar-refractivity contribution in [2.75, 3.05) is 0 Å². The van der Waals surface area contributed by atoms with Crippen molar-refractivity contribution >= 4 is 17.1 Å². The van der Waals surface area contributed by atoms with E-state index in [-0.39, 0.29) is 16.7 Å². The third kappa shape index (κ3) is 3.96. The van der Waals surface area contributed by atoms with Crippen LogP contribution in [0, 0.1) is 5.82 Å². The molecule has 1 heterocycles. The molecule has 130 valence electrons. The van der Waals surface area contributed by atoms with E-state index in [0.717, 1.165) is 12.1 Å². The molecule has 0 aliphatic heterocycles. The Morgan fingerprint density at radius 2 is 1.92 bits per heavy atom. The van der Waals surface area contributed by atoms with Crippen LogP contribution in [0.5, 0.6) is 0 Å². The number of hydrogen-bond donors (Lipinski definition) is 0. The molecular formula is C17H11F4NO3. The molecule has 0 N–H and O–H groups in total. The minimum atomic E-state index is -4.90. The maximum Gasteiger partial charge on any atom is 0.434 e. The zero-order valence-electron chi connectivity index (χ0n) is 12.6. The highest BCUT2D eigenvalue weighted by Gasteiger charge is 2.47. The number of esters is 1. The number of halogens is 4. The van der Waals surface area contributed by atoms with Gasteiger partial charge in [-0.3, -0.25) is 4.79 Å². The summed E-state index contributed by atoms with van der Waals surface area (Å²) in [6.45, 7) is 0. The zero-order valence-corrected chi connectivity index (χ0v) is 12.6. The molecule has 0 aliphatic carbocycles. The molecule has 3 aromatic rings. The third-order valence-electron chi connectivity index (χ3n) is 3.32. The van der Waals surface area contributed by atoms with Crippen LogP contribution in [0.4, 0.5) is 17.6 Å². The monoisotopic (exact) mass is 353 g/mol. The molecule has 25 heavy (non-hydrogen) atoms. The molecule has 0 radical (unpaired) electrons. The third-order valence-corrected chi connectivity index (χ3v) is 3.32. The zero-order chi connectivity index (χ0) is 18.0. The summed E-state index contributed by atoms with van der Waals surface area (Å²) in [5.41, 5.74) is 0.560. The number of benzene rings is 2. The number of rotatable bonds is 4. The number of ether oxygens (including phenoxy) is 1. The van der Waals surface area contributed by atoms with Crippen molar-refractivity contribution in [2.24, 2.45) is 0 Å². The van der Waals surface area contributed by atoms with Gasteiger partial charge in [0.15, 0.2) is 5.58 Å². The first-order chi connectivity index (χ1) is 11.8. The molecule has 3 rings (SSSR count). The van der Waals surface area contributed by atoms with Crippen LogP contribution in [0.3, 0.4) is 0 Å². The summed E-state index contributed by atoms with van der Waals surface area (Å²) in [6, 6.07) is 11.1. The second kappa shape index (κ2) is 6.54. The average molecular weight is 353 g/mol. The Labute approximate surface area is 139 Å². The van der Waals surface area contributed by atoms with Gasteiger partial charge in [0.1, 0.15) is 11.3 Å². The summed E-state index contributed by atoms with van der Waals surface area (Å²) in [7, 11) is 0. The van der Waals surface area contributed by atoms with Crippen molar-refractivity contribution in [3.05, 3.63) is 65.8 Å². The maximum atomic E-state index is 13.3. The van der Waals surface area contributed by atoms with Crippen LogP contribution in [0.1, 0.15) is 17.6 Å². The molecule has 0 spiro atoms. The molecular weight excluding hydrogens is 342 g/mol. The Morgan fingerprint density at radius 3 is 2.60 bits per heavy atom. The maximum absolute atomic E-state index is 13.3. The van der Waals surface area contributed by atoms with Gasteiger partial charge in [-0.1, -0.05) is 24.3 Å². The molecule has 4 nitrogen and oxygen atoms in total. The summed E-state index contributed by atoms with van der Waals surface area (Å²) in [4.78, 5) is 15.6. The number of aromatic nitrogens is 1. The number of carbonyl (C=O) groups is 1. The van der Waals surface area contributed by atoms with E-state index in [1.54, 1.807) is 12.1 Å². The first kappa shape index (κ1) is 16.9. The molecule has 1 aromatic heterocycles. The van der Waals surface area contributed by atoms with Gasteiger partial charge in [-0.2, -0.15) is 13.2 Å². The fraction of sp³-hybridized carbons (Fsp3) is 0.176. The average Bonchev–Trinajstić information content (AvgIpc) is 2.95. The second-order valence-electron chi connectivity index (χ2n) is 5.24. The summed E-state index contributed by atoms with van der Waals surface area (Å²) >= 11 is 0. The van der Waals surface area contributed by atoms with Gasteiger partial charge in [0.05, 0.1) is 6.42 Å². The van der Waals surface area contributed by atoms with Gasteiger partial charge in [0, 0.05) is 0 Å². The summed E-state index contributed by atoms with van der Waals surface area (Å²) in [5, 5.41) is 0. The molecule has 0 amide bonds. The number of oxazole rings is 1. The summed E-state index contributed by atoms with van der Waals surface area (Å²) < 4.78 is 62.5. The lowest BCUT2D eigenvalue weighted by molar-refractivity contribution is -0.228. The van der Waals surface area contributed by atoms with E-state index < -0.39 is 36.4 Å². The van der Waals surface area contributed by atoms with Crippen LogP contribution in [-0.2, 0) is 16.0 Å². The Bertz CT molecular complexity index is 871. The fourth-order valence-electron chi connectivity index (χ4n) is 2.25. The van der Waals surface area contributed by atoms with E-state index in [4.69, 9.17) is 4.42 Å². The Hall–Kier alpha value is -2.90. The van der Waals surface area contributed by atoms with Gasteiger partial charge in [-0.15, -0.1) is 0 Å². The number of hydrogen-bond acceptors (Lipinski definition) is 4. The van der Waals surface area contributed by atoms with Crippen molar-refractivity contribution in [3.8, 4) is 0 Å². The Morgan fingerprint density at radius 1 is 1.16 bits per heavy atom. The molecule has 8 heteroatoms. The smallest absolute Gasteiger partial charge is 0.434 e. The minimum Gasteiger partial charge on any atom is -0.442 e. The highest BCUT2D eigenvalue weighted by molar-refractivity contribution is 5.74. The lowest BCUT2D eigenvalue weighted by Crippen LogP contribution is -2.27. The lowest BCUT2D eigenvalue weighted by Gasteiger charge is -2.17. The summed E-state index contributed by atoms with van der Waals surface area (Å²) in [6.07, 6.45) is -8.05. The van der Waals surface area contributed by atoms with E-state index in [9.17, 15) is 22.4 Å². The Balaban J connectivity index is 1.82. The van der Waals surface area contributed by atoms with Crippen molar-refractivity contribution < 1.29 is 31.5 Å². The van der Waals surface area contributed by atoms with Gasteiger partial charge in [0.2, 0.25) is 5.89 Å². The van der Waals surface area contributed by atoms with Gasteiger partial charge in [0.25, 0.3) is 6.10 Å².